The molecule has 0 bridgehead atoms. The van der Waals surface area contributed by atoms with Gasteiger partial charge in [0.25, 0.3) is 0 Å². The van der Waals surface area contributed by atoms with Gasteiger partial charge in [-0.05, 0) is 57.4 Å². The van der Waals surface area contributed by atoms with Gasteiger partial charge in [-0.2, -0.15) is 0 Å². The fourth-order valence-corrected chi connectivity index (χ4v) is 4.10. The molecule has 0 heterocycles. The van der Waals surface area contributed by atoms with Crippen LogP contribution >= 0.6 is 0 Å². The van der Waals surface area contributed by atoms with Gasteiger partial charge in [0, 0.05) is 13.1 Å². The fraction of sp³-hybridized carbons (Fsp3) is 0.500. The summed E-state index contributed by atoms with van der Waals surface area (Å²) >= 11 is 0. The number of hydrogen-bond donors (Lipinski definition) is 3. The van der Waals surface area contributed by atoms with Crippen molar-refractivity contribution in [2.24, 2.45) is 0 Å². The number of benzene rings is 2. The van der Waals surface area contributed by atoms with E-state index in [1.165, 1.54) is 17.0 Å². The number of nitrogens with zero attached hydrogens (tertiary/aromatic N) is 1. The van der Waals surface area contributed by atoms with Crippen LogP contribution in [0.5, 0.6) is 5.75 Å². The maximum atomic E-state index is 13.8. The van der Waals surface area contributed by atoms with Crippen LogP contribution in [0.3, 0.4) is 0 Å². The molecule has 0 saturated carbocycles. The van der Waals surface area contributed by atoms with Gasteiger partial charge in [-0.3, -0.25) is 9.59 Å². The Hall–Kier alpha value is -3.55. The molecule has 2 atom stereocenters. The standard InChI is InChI=1S/C30H43N3O5/c1-6-7-8-9-13-19-33(28(36)22(2)32-29(37)38-30(3,4)5)26(24-17-14-18-25(34)20-24)27(35)31-21-23-15-11-10-12-16-23/h10-12,14-18,20,22,26,34H,6-9,13,19,21H2,1-5H3,(H,31,35)(H,32,37). The van der Waals surface area contributed by atoms with E-state index in [-0.39, 0.29) is 11.7 Å². The lowest BCUT2D eigenvalue weighted by molar-refractivity contribution is -0.142. The number of alkyl carbamates (subject to hydrolysis) is 1. The smallest absolute Gasteiger partial charge is 0.408 e. The van der Waals surface area contributed by atoms with Crippen LogP contribution in [0, 0.1) is 0 Å². The van der Waals surface area contributed by atoms with E-state index in [4.69, 9.17) is 4.74 Å². The molecular weight excluding hydrogens is 482 g/mol. The van der Waals surface area contributed by atoms with Crippen molar-refractivity contribution in [3.63, 3.8) is 0 Å². The Kier molecular flexibility index (Phi) is 12.1. The SMILES string of the molecule is CCCCCCCN(C(=O)C(C)NC(=O)OC(C)(C)C)C(C(=O)NCc1ccccc1)c1cccc(O)c1. The van der Waals surface area contributed by atoms with E-state index in [2.05, 4.69) is 17.6 Å². The van der Waals surface area contributed by atoms with Crippen molar-refractivity contribution >= 4 is 17.9 Å². The average Bonchev–Trinajstić information content (AvgIpc) is 2.85. The number of rotatable bonds is 13. The molecule has 2 aromatic rings. The van der Waals surface area contributed by atoms with E-state index in [9.17, 15) is 19.5 Å². The summed E-state index contributed by atoms with van der Waals surface area (Å²) in [5, 5.41) is 15.7. The van der Waals surface area contributed by atoms with Crippen LogP contribution in [0.4, 0.5) is 4.79 Å². The van der Waals surface area contributed by atoms with Crippen LogP contribution in [0.1, 0.15) is 83.9 Å². The van der Waals surface area contributed by atoms with Crippen LogP contribution in [-0.2, 0) is 20.9 Å². The highest BCUT2D eigenvalue weighted by molar-refractivity contribution is 5.92. The highest BCUT2D eigenvalue weighted by Crippen LogP contribution is 2.26. The van der Waals surface area contributed by atoms with Crippen molar-refractivity contribution in [1.29, 1.82) is 0 Å². The van der Waals surface area contributed by atoms with Crippen molar-refractivity contribution in [3.05, 3.63) is 65.7 Å². The number of ether oxygens (including phenoxy) is 1. The molecule has 2 aromatic carbocycles. The molecule has 2 unspecified atom stereocenters. The monoisotopic (exact) mass is 525 g/mol. The van der Waals surface area contributed by atoms with E-state index >= 15 is 0 Å². The molecule has 3 N–H and O–H groups in total. The zero-order valence-electron chi connectivity index (χ0n) is 23.3. The first kappa shape index (κ1) is 30.7. The highest BCUT2D eigenvalue weighted by atomic mass is 16.6. The number of aromatic hydroxyl groups is 1. The summed E-state index contributed by atoms with van der Waals surface area (Å²) in [6.07, 6.45) is 4.12. The minimum absolute atomic E-state index is 0.00127. The van der Waals surface area contributed by atoms with Crippen LogP contribution < -0.4 is 10.6 Å². The lowest BCUT2D eigenvalue weighted by Gasteiger charge is -2.34. The normalized spacial score (nSPS) is 12.8. The second-order valence-electron chi connectivity index (χ2n) is 10.5. The van der Waals surface area contributed by atoms with Gasteiger partial charge in [-0.1, -0.05) is 75.1 Å². The van der Waals surface area contributed by atoms with Gasteiger partial charge in [0.15, 0.2) is 0 Å². The minimum Gasteiger partial charge on any atom is -0.508 e. The number of amides is 3. The van der Waals surface area contributed by atoms with Gasteiger partial charge in [0.1, 0.15) is 23.4 Å². The topological polar surface area (TPSA) is 108 Å². The Balaban J connectivity index is 2.34. The molecule has 0 aliphatic carbocycles. The van der Waals surface area contributed by atoms with Crippen molar-refractivity contribution < 1.29 is 24.2 Å². The van der Waals surface area contributed by atoms with Crippen molar-refractivity contribution in [2.75, 3.05) is 6.54 Å². The van der Waals surface area contributed by atoms with Gasteiger partial charge < -0.3 is 25.4 Å². The summed E-state index contributed by atoms with van der Waals surface area (Å²) in [5.41, 5.74) is 0.697. The van der Waals surface area contributed by atoms with Crippen LogP contribution in [0.2, 0.25) is 0 Å². The Morgan fingerprint density at radius 2 is 1.66 bits per heavy atom. The summed E-state index contributed by atoms with van der Waals surface area (Å²) in [4.78, 5) is 41.3. The lowest BCUT2D eigenvalue weighted by Crippen LogP contribution is -2.52. The van der Waals surface area contributed by atoms with Gasteiger partial charge in [-0.15, -0.1) is 0 Å². The molecule has 0 saturated heterocycles. The lowest BCUT2D eigenvalue weighted by atomic mass is 10.0. The molecule has 3 amide bonds. The van der Waals surface area contributed by atoms with Crippen LogP contribution in [0.25, 0.3) is 0 Å². The van der Waals surface area contributed by atoms with E-state index in [0.29, 0.717) is 25.1 Å². The molecule has 0 radical (unpaired) electrons. The molecule has 38 heavy (non-hydrogen) atoms. The quantitative estimate of drug-likeness (QED) is 0.301. The number of carbonyl (C=O) groups excluding carboxylic acids is 3. The second-order valence-corrected chi connectivity index (χ2v) is 10.5. The predicted octanol–water partition coefficient (Wildman–Crippen LogP) is 5.46. The van der Waals surface area contributed by atoms with Gasteiger partial charge in [0.2, 0.25) is 11.8 Å². The van der Waals surface area contributed by atoms with E-state index in [1.54, 1.807) is 39.8 Å². The third-order valence-corrected chi connectivity index (χ3v) is 5.94. The third-order valence-electron chi connectivity index (χ3n) is 5.94. The number of phenols is 1. The van der Waals surface area contributed by atoms with Crippen molar-refractivity contribution in [2.45, 2.75) is 91.0 Å². The highest BCUT2D eigenvalue weighted by Gasteiger charge is 2.34. The van der Waals surface area contributed by atoms with E-state index in [0.717, 1.165) is 31.2 Å². The first-order valence-corrected chi connectivity index (χ1v) is 13.4. The Labute approximate surface area is 226 Å². The summed E-state index contributed by atoms with van der Waals surface area (Å²) in [6, 6.07) is 14.0. The summed E-state index contributed by atoms with van der Waals surface area (Å²) in [5.74, 6) is -0.779. The van der Waals surface area contributed by atoms with Crippen molar-refractivity contribution in [3.8, 4) is 5.75 Å². The predicted molar refractivity (Wildman–Crippen MR) is 148 cm³/mol. The van der Waals surface area contributed by atoms with E-state index in [1.807, 2.05) is 30.3 Å². The fourth-order valence-electron chi connectivity index (χ4n) is 4.10. The maximum absolute atomic E-state index is 13.8. The van der Waals surface area contributed by atoms with Crippen LogP contribution in [0.15, 0.2) is 54.6 Å². The summed E-state index contributed by atoms with van der Waals surface area (Å²) in [7, 11) is 0. The van der Waals surface area contributed by atoms with Gasteiger partial charge in [0.05, 0.1) is 0 Å². The summed E-state index contributed by atoms with van der Waals surface area (Å²) in [6.45, 7) is 9.57. The molecule has 8 nitrogen and oxygen atoms in total. The Bertz CT molecular complexity index is 1040. The zero-order chi connectivity index (χ0) is 28.1. The molecule has 0 aliphatic heterocycles. The van der Waals surface area contributed by atoms with Gasteiger partial charge >= 0.3 is 6.09 Å². The molecule has 0 aliphatic rings. The minimum atomic E-state index is -0.993. The number of carbonyl (C=O) groups is 3. The Morgan fingerprint density at radius 3 is 2.29 bits per heavy atom. The Morgan fingerprint density at radius 1 is 0.974 bits per heavy atom. The van der Waals surface area contributed by atoms with Crippen LogP contribution in [-0.4, -0.2) is 46.1 Å². The van der Waals surface area contributed by atoms with Gasteiger partial charge in [-0.25, -0.2) is 4.79 Å². The molecular formula is C30H43N3O5. The number of hydrogen-bond acceptors (Lipinski definition) is 5. The first-order chi connectivity index (χ1) is 18.0. The van der Waals surface area contributed by atoms with Crippen molar-refractivity contribution in [1.82, 2.24) is 15.5 Å². The number of phenolic OH excluding ortho intramolecular Hbond substituents is 1. The van der Waals surface area contributed by atoms with E-state index < -0.39 is 29.7 Å². The molecule has 0 aromatic heterocycles. The largest absolute Gasteiger partial charge is 0.508 e. The number of nitrogens with one attached hydrogen (secondary N) is 2. The first-order valence-electron chi connectivity index (χ1n) is 13.4. The molecule has 0 spiro atoms. The zero-order valence-corrected chi connectivity index (χ0v) is 23.3. The number of unbranched alkanes of at least 4 members (excludes halogenated alkanes) is 4. The molecule has 0 fully saturated rings. The average molecular weight is 526 g/mol. The molecule has 8 heteroatoms. The molecule has 208 valence electrons. The second kappa shape index (κ2) is 15.0. The molecule has 2 rings (SSSR count). The maximum Gasteiger partial charge on any atom is 0.408 e. The third kappa shape index (κ3) is 10.4. The summed E-state index contributed by atoms with van der Waals surface area (Å²) < 4.78 is 5.33.